The van der Waals surface area contributed by atoms with Gasteiger partial charge in [0.05, 0.1) is 13.2 Å². The van der Waals surface area contributed by atoms with Crippen LogP contribution < -0.4 is 0 Å². The predicted molar refractivity (Wildman–Crippen MR) is 105 cm³/mol. The monoisotopic (exact) mass is 402 g/mol. The van der Waals surface area contributed by atoms with Gasteiger partial charge in [-0.2, -0.15) is 0 Å². The summed E-state index contributed by atoms with van der Waals surface area (Å²) in [5.74, 6) is -0.932. The van der Waals surface area contributed by atoms with Gasteiger partial charge in [-0.15, -0.1) is 0 Å². The lowest BCUT2D eigenvalue weighted by atomic mass is 9.85. The van der Waals surface area contributed by atoms with Crippen LogP contribution in [0.3, 0.4) is 0 Å². The molecular weight excluding hydrogens is 375 g/mol. The molecule has 29 heavy (non-hydrogen) atoms. The maximum absolute atomic E-state index is 15.2. The number of rotatable bonds is 6. The molecule has 0 bridgehead atoms. The molecule has 1 aliphatic carbocycles. The normalized spacial score (nSPS) is 33.4. The maximum atomic E-state index is 15.2. The van der Waals surface area contributed by atoms with E-state index in [9.17, 15) is 5.11 Å². The topological polar surface area (TPSA) is 57.2 Å². The van der Waals surface area contributed by atoms with Crippen LogP contribution in [0.25, 0.3) is 0 Å². The molecule has 6 atom stereocenters. The number of fused-ring (bicyclic) bond motifs is 1. The van der Waals surface area contributed by atoms with Crippen LogP contribution in [0.1, 0.15) is 25.0 Å². The van der Waals surface area contributed by atoms with E-state index in [2.05, 4.69) is 0 Å². The minimum absolute atomic E-state index is 0.214. The van der Waals surface area contributed by atoms with Crippen LogP contribution in [0, 0.1) is 0 Å². The van der Waals surface area contributed by atoms with E-state index in [-0.39, 0.29) is 13.2 Å². The molecule has 2 aliphatic rings. The molecule has 4 rings (SSSR count). The van der Waals surface area contributed by atoms with Gasteiger partial charge in [-0.25, -0.2) is 4.39 Å². The fourth-order valence-electron chi connectivity index (χ4n) is 3.99. The molecule has 1 N–H and O–H groups in total. The van der Waals surface area contributed by atoms with Crippen LogP contribution in [-0.2, 0) is 32.2 Å². The Hall–Kier alpha value is -1.83. The molecule has 2 aromatic carbocycles. The summed E-state index contributed by atoms with van der Waals surface area (Å²) >= 11 is 0. The first-order valence-electron chi connectivity index (χ1n) is 9.93. The number of aliphatic hydroxyl groups excluding tert-OH is 1. The minimum atomic E-state index is -1.65. The standard InChI is InChI=1S/C23H27FO5/c1-23(2)28-20-18(25)17(24)19(26-13-15-9-5-3-6-10-15)21(22(20)29-23)27-14-16-11-7-4-8-12-16/h3-12,17-22,25H,13-14H2,1-2H3/t17-,18-,19+,20-,21-,22-/m0/s1. The molecular formula is C23H27FO5. The third kappa shape index (κ3) is 4.52. The van der Waals surface area contributed by atoms with E-state index in [0.717, 1.165) is 11.1 Å². The first-order valence-corrected chi connectivity index (χ1v) is 9.93. The van der Waals surface area contributed by atoms with E-state index in [1.54, 1.807) is 13.8 Å². The zero-order valence-electron chi connectivity index (χ0n) is 16.6. The molecule has 1 heterocycles. The smallest absolute Gasteiger partial charge is 0.164 e. The highest BCUT2D eigenvalue weighted by Gasteiger charge is 2.59. The summed E-state index contributed by atoms with van der Waals surface area (Å²) < 4.78 is 39.1. The van der Waals surface area contributed by atoms with E-state index in [0.29, 0.717) is 0 Å². The Morgan fingerprint density at radius 2 is 1.31 bits per heavy atom. The Morgan fingerprint density at radius 3 is 1.86 bits per heavy atom. The van der Waals surface area contributed by atoms with Crippen molar-refractivity contribution in [3.8, 4) is 0 Å². The van der Waals surface area contributed by atoms with Crippen molar-refractivity contribution in [3.63, 3.8) is 0 Å². The first-order chi connectivity index (χ1) is 13.9. The van der Waals surface area contributed by atoms with Gasteiger partial charge in [-0.3, -0.25) is 0 Å². The molecule has 1 saturated heterocycles. The highest BCUT2D eigenvalue weighted by atomic mass is 19.1. The molecule has 156 valence electrons. The van der Waals surface area contributed by atoms with E-state index >= 15 is 4.39 Å². The van der Waals surface area contributed by atoms with Crippen molar-refractivity contribution in [1.29, 1.82) is 0 Å². The van der Waals surface area contributed by atoms with Crippen molar-refractivity contribution >= 4 is 0 Å². The SMILES string of the molecule is CC1(C)O[C@@H]2[C@@H](OCc3ccccc3)[C@H](OCc3ccccc3)[C@@H](F)[C@H](O)[C@@H]2O1. The molecule has 2 aromatic rings. The lowest BCUT2D eigenvalue weighted by Crippen LogP contribution is -2.62. The van der Waals surface area contributed by atoms with Gasteiger partial charge in [-0.1, -0.05) is 60.7 Å². The molecule has 0 unspecified atom stereocenters. The van der Waals surface area contributed by atoms with E-state index in [1.165, 1.54) is 0 Å². The average Bonchev–Trinajstić information content (AvgIpc) is 3.06. The summed E-state index contributed by atoms with van der Waals surface area (Å²) in [6.45, 7) is 4.00. The second-order valence-electron chi connectivity index (χ2n) is 8.02. The van der Waals surface area contributed by atoms with Crippen molar-refractivity contribution in [3.05, 3.63) is 71.8 Å². The minimum Gasteiger partial charge on any atom is -0.387 e. The summed E-state index contributed by atoms with van der Waals surface area (Å²) in [6, 6.07) is 19.2. The van der Waals surface area contributed by atoms with Crippen molar-refractivity contribution < 1.29 is 28.4 Å². The summed E-state index contributed by atoms with van der Waals surface area (Å²) in [4.78, 5) is 0. The zero-order valence-corrected chi connectivity index (χ0v) is 16.6. The zero-order chi connectivity index (χ0) is 20.4. The van der Waals surface area contributed by atoms with Crippen LogP contribution in [0.15, 0.2) is 60.7 Å². The Labute approximate surface area is 170 Å². The molecule has 2 fully saturated rings. The lowest BCUT2D eigenvalue weighted by Gasteiger charge is -2.42. The Kier molecular flexibility index (Phi) is 5.99. The van der Waals surface area contributed by atoms with Crippen molar-refractivity contribution in [1.82, 2.24) is 0 Å². The van der Waals surface area contributed by atoms with Gasteiger partial charge in [0.2, 0.25) is 0 Å². The first kappa shape index (κ1) is 20.4. The Balaban J connectivity index is 1.55. The summed E-state index contributed by atoms with van der Waals surface area (Å²) in [6.07, 6.45) is -6.14. The van der Waals surface area contributed by atoms with Gasteiger partial charge >= 0.3 is 0 Å². The summed E-state index contributed by atoms with van der Waals surface area (Å²) in [5.41, 5.74) is 1.88. The number of benzene rings is 2. The van der Waals surface area contributed by atoms with Gasteiger partial charge in [0.1, 0.15) is 30.5 Å². The average molecular weight is 402 g/mol. The Morgan fingerprint density at radius 1 is 0.828 bits per heavy atom. The molecule has 1 saturated carbocycles. The highest BCUT2D eigenvalue weighted by molar-refractivity contribution is 5.15. The lowest BCUT2D eigenvalue weighted by molar-refractivity contribution is -0.211. The maximum Gasteiger partial charge on any atom is 0.164 e. The molecule has 0 aromatic heterocycles. The second-order valence-corrected chi connectivity index (χ2v) is 8.02. The summed E-state index contributed by atoms with van der Waals surface area (Å²) in [7, 11) is 0. The van der Waals surface area contributed by atoms with Crippen LogP contribution >= 0.6 is 0 Å². The van der Waals surface area contributed by atoms with Gasteiger partial charge in [0, 0.05) is 0 Å². The van der Waals surface area contributed by atoms with Crippen LogP contribution in [0.4, 0.5) is 4.39 Å². The van der Waals surface area contributed by atoms with Gasteiger partial charge in [0.15, 0.2) is 12.0 Å². The number of aliphatic hydroxyl groups is 1. The van der Waals surface area contributed by atoms with E-state index in [1.807, 2.05) is 60.7 Å². The third-order valence-corrected chi connectivity index (χ3v) is 5.36. The van der Waals surface area contributed by atoms with Gasteiger partial charge in [-0.05, 0) is 25.0 Å². The predicted octanol–water partition coefficient (Wildman–Crippen LogP) is 3.39. The number of hydrogen-bond donors (Lipinski definition) is 1. The molecule has 0 radical (unpaired) electrons. The number of alkyl halides is 1. The molecule has 0 spiro atoms. The van der Waals surface area contributed by atoms with Crippen molar-refractivity contribution in [2.45, 2.75) is 69.5 Å². The van der Waals surface area contributed by atoms with Gasteiger partial charge in [0.25, 0.3) is 0 Å². The van der Waals surface area contributed by atoms with E-state index in [4.69, 9.17) is 18.9 Å². The number of halogens is 1. The second kappa shape index (κ2) is 8.50. The van der Waals surface area contributed by atoms with Crippen LogP contribution in [0.2, 0.25) is 0 Å². The molecule has 0 amide bonds. The fraction of sp³-hybridized carbons (Fsp3) is 0.478. The van der Waals surface area contributed by atoms with Crippen LogP contribution in [-0.4, -0.2) is 47.6 Å². The van der Waals surface area contributed by atoms with Gasteiger partial charge < -0.3 is 24.1 Å². The van der Waals surface area contributed by atoms with Crippen LogP contribution in [0.5, 0.6) is 0 Å². The third-order valence-electron chi connectivity index (χ3n) is 5.36. The molecule has 5 nitrogen and oxygen atoms in total. The quantitative estimate of drug-likeness (QED) is 0.803. The summed E-state index contributed by atoms with van der Waals surface area (Å²) in [5, 5.41) is 10.5. The van der Waals surface area contributed by atoms with Crippen molar-refractivity contribution in [2.75, 3.05) is 0 Å². The van der Waals surface area contributed by atoms with Crippen molar-refractivity contribution in [2.24, 2.45) is 0 Å². The molecule has 6 heteroatoms. The number of hydrogen-bond acceptors (Lipinski definition) is 5. The molecule has 1 aliphatic heterocycles. The fourth-order valence-corrected chi connectivity index (χ4v) is 3.99. The largest absolute Gasteiger partial charge is 0.387 e. The highest BCUT2D eigenvalue weighted by Crippen LogP contribution is 2.41. The number of ether oxygens (including phenoxy) is 4. The Bertz CT molecular complexity index is 784. The van der Waals surface area contributed by atoms with E-state index < -0.39 is 42.5 Å².